The first-order chi connectivity index (χ1) is 9.93. The van der Waals surface area contributed by atoms with Gasteiger partial charge in [0, 0.05) is 5.56 Å². The van der Waals surface area contributed by atoms with Gasteiger partial charge in [0.15, 0.2) is 5.54 Å². The number of aromatic hydroxyl groups is 1. The smallest absolute Gasteiger partial charge is 0.333 e. The van der Waals surface area contributed by atoms with Crippen molar-refractivity contribution in [3.8, 4) is 5.75 Å². The molecule has 0 saturated heterocycles. The molecule has 3 N–H and O–H groups in total. The summed E-state index contributed by atoms with van der Waals surface area (Å²) in [5.74, 6) is -1.64. The number of nitrogens with one attached hydrogen (secondary N) is 1. The average molecular weight is 285 g/mol. The Morgan fingerprint density at radius 3 is 2.10 bits per heavy atom. The van der Waals surface area contributed by atoms with Crippen molar-refractivity contribution in [3.63, 3.8) is 0 Å². The molecule has 1 amide bonds. The maximum Gasteiger partial charge on any atom is 0.333 e. The molecule has 2 aromatic carbocycles. The van der Waals surface area contributed by atoms with Crippen molar-refractivity contribution < 1.29 is 19.8 Å². The zero-order valence-corrected chi connectivity index (χ0v) is 11.4. The second-order valence-electron chi connectivity index (χ2n) is 4.80. The number of carboxylic acids is 1. The Kier molecular flexibility index (Phi) is 3.93. The zero-order valence-electron chi connectivity index (χ0n) is 11.4. The minimum absolute atomic E-state index is 0.0376. The Morgan fingerprint density at radius 1 is 1.00 bits per heavy atom. The summed E-state index contributed by atoms with van der Waals surface area (Å²) >= 11 is 0. The highest BCUT2D eigenvalue weighted by molar-refractivity contribution is 5.98. The van der Waals surface area contributed by atoms with Gasteiger partial charge in [-0.25, -0.2) is 4.79 Å². The Bertz CT molecular complexity index is 652. The molecular formula is C16H15NO4. The van der Waals surface area contributed by atoms with Gasteiger partial charge in [-0.2, -0.15) is 0 Å². The molecule has 1 unspecified atom stereocenters. The second-order valence-corrected chi connectivity index (χ2v) is 4.80. The van der Waals surface area contributed by atoms with Crippen LogP contribution < -0.4 is 5.32 Å². The van der Waals surface area contributed by atoms with Crippen LogP contribution in [0.2, 0.25) is 0 Å². The summed E-state index contributed by atoms with van der Waals surface area (Å²) in [6.07, 6.45) is 0. The molecule has 0 aliphatic carbocycles. The van der Waals surface area contributed by atoms with Crippen LogP contribution in [0.15, 0.2) is 54.6 Å². The fraction of sp³-hybridized carbons (Fsp3) is 0.125. The molecule has 0 aliphatic rings. The molecule has 2 aromatic rings. The molecule has 1 atom stereocenters. The maximum atomic E-state index is 12.2. The van der Waals surface area contributed by atoms with Crippen molar-refractivity contribution in [2.24, 2.45) is 0 Å². The van der Waals surface area contributed by atoms with E-state index in [2.05, 4.69) is 5.32 Å². The van der Waals surface area contributed by atoms with Gasteiger partial charge in [0.1, 0.15) is 5.75 Å². The predicted octanol–water partition coefficient (Wildman–Crippen LogP) is 2.12. The van der Waals surface area contributed by atoms with Gasteiger partial charge in [-0.05, 0) is 36.8 Å². The summed E-state index contributed by atoms with van der Waals surface area (Å²) in [4.78, 5) is 23.8. The third-order valence-corrected chi connectivity index (χ3v) is 3.27. The molecule has 0 radical (unpaired) electrons. The van der Waals surface area contributed by atoms with Crippen LogP contribution in [-0.2, 0) is 10.3 Å². The Morgan fingerprint density at radius 2 is 1.57 bits per heavy atom. The molecule has 0 spiro atoms. The van der Waals surface area contributed by atoms with E-state index in [1.54, 1.807) is 30.3 Å². The first-order valence-corrected chi connectivity index (χ1v) is 6.34. The number of carbonyl (C=O) groups excluding carboxylic acids is 1. The van der Waals surface area contributed by atoms with Crippen molar-refractivity contribution >= 4 is 11.9 Å². The van der Waals surface area contributed by atoms with E-state index >= 15 is 0 Å². The molecule has 0 fully saturated rings. The fourth-order valence-electron chi connectivity index (χ4n) is 1.93. The van der Waals surface area contributed by atoms with Crippen LogP contribution in [0.4, 0.5) is 0 Å². The molecule has 0 heterocycles. The van der Waals surface area contributed by atoms with E-state index in [1.807, 2.05) is 0 Å². The van der Waals surface area contributed by atoms with Crippen LogP contribution in [-0.4, -0.2) is 22.1 Å². The second kappa shape index (κ2) is 5.66. The lowest BCUT2D eigenvalue weighted by Crippen LogP contribution is -2.49. The molecule has 21 heavy (non-hydrogen) atoms. The quantitative estimate of drug-likeness (QED) is 0.803. The normalized spacial score (nSPS) is 13.2. The molecule has 5 nitrogen and oxygen atoms in total. The standard InChI is InChI=1S/C16H15NO4/c1-16(15(20)21,12-5-3-2-4-6-12)17-14(19)11-7-9-13(18)10-8-11/h2-10,18H,1H3,(H,17,19)(H,20,21). The third kappa shape index (κ3) is 3.02. The van der Waals surface area contributed by atoms with Crippen LogP contribution in [0, 0.1) is 0 Å². The van der Waals surface area contributed by atoms with Crippen molar-refractivity contribution in [3.05, 3.63) is 65.7 Å². The van der Waals surface area contributed by atoms with Gasteiger partial charge in [-0.3, -0.25) is 4.79 Å². The lowest BCUT2D eigenvalue weighted by Gasteiger charge is -2.26. The van der Waals surface area contributed by atoms with E-state index in [4.69, 9.17) is 0 Å². The fourth-order valence-corrected chi connectivity index (χ4v) is 1.93. The number of hydrogen-bond donors (Lipinski definition) is 3. The molecular weight excluding hydrogens is 270 g/mol. The number of carbonyl (C=O) groups is 2. The average Bonchev–Trinajstić information content (AvgIpc) is 2.48. The molecule has 0 aliphatic heterocycles. The summed E-state index contributed by atoms with van der Waals surface area (Å²) in [5.41, 5.74) is -0.781. The first kappa shape index (κ1) is 14.6. The zero-order chi connectivity index (χ0) is 15.5. The Hall–Kier alpha value is -2.82. The number of aliphatic carboxylic acids is 1. The van der Waals surface area contributed by atoms with E-state index in [9.17, 15) is 19.8 Å². The number of amides is 1. The minimum atomic E-state index is -1.53. The van der Waals surface area contributed by atoms with E-state index in [0.29, 0.717) is 5.56 Å². The molecule has 108 valence electrons. The van der Waals surface area contributed by atoms with E-state index in [-0.39, 0.29) is 11.3 Å². The van der Waals surface area contributed by atoms with Crippen LogP contribution in [0.5, 0.6) is 5.75 Å². The van der Waals surface area contributed by atoms with E-state index in [0.717, 1.165) is 0 Å². The van der Waals surface area contributed by atoms with Gasteiger partial charge < -0.3 is 15.5 Å². The predicted molar refractivity (Wildman–Crippen MR) is 77.0 cm³/mol. The minimum Gasteiger partial charge on any atom is -0.508 e. The number of carboxylic acid groups (broad SMARTS) is 1. The SMILES string of the molecule is CC(NC(=O)c1ccc(O)cc1)(C(=O)O)c1ccccc1. The molecule has 0 aromatic heterocycles. The number of rotatable bonds is 4. The number of phenols is 1. The summed E-state index contributed by atoms with van der Waals surface area (Å²) in [5, 5.41) is 21.2. The summed E-state index contributed by atoms with van der Waals surface area (Å²) in [7, 11) is 0. The molecule has 0 saturated carbocycles. The van der Waals surface area contributed by atoms with Crippen molar-refractivity contribution in [1.82, 2.24) is 5.32 Å². The topological polar surface area (TPSA) is 86.6 Å². The van der Waals surface area contributed by atoms with Crippen LogP contribution in [0.3, 0.4) is 0 Å². The first-order valence-electron chi connectivity index (χ1n) is 6.34. The highest BCUT2D eigenvalue weighted by Gasteiger charge is 2.36. The van der Waals surface area contributed by atoms with Crippen LogP contribution in [0.1, 0.15) is 22.8 Å². The van der Waals surface area contributed by atoms with Crippen LogP contribution in [0.25, 0.3) is 0 Å². The molecule has 0 bridgehead atoms. The highest BCUT2D eigenvalue weighted by atomic mass is 16.4. The Balaban J connectivity index is 2.31. The van der Waals surface area contributed by atoms with Crippen molar-refractivity contribution in [1.29, 1.82) is 0 Å². The summed E-state index contributed by atoms with van der Waals surface area (Å²) < 4.78 is 0. The maximum absolute atomic E-state index is 12.2. The van der Waals surface area contributed by atoms with Gasteiger partial charge >= 0.3 is 5.97 Å². The van der Waals surface area contributed by atoms with Gasteiger partial charge in [-0.1, -0.05) is 30.3 Å². The lowest BCUT2D eigenvalue weighted by atomic mass is 9.91. The molecule has 2 rings (SSSR count). The summed E-state index contributed by atoms with van der Waals surface area (Å²) in [6.45, 7) is 1.43. The van der Waals surface area contributed by atoms with Crippen LogP contribution >= 0.6 is 0 Å². The van der Waals surface area contributed by atoms with Gasteiger partial charge in [0.2, 0.25) is 0 Å². The largest absolute Gasteiger partial charge is 0.508 e. The van der Waals surface area contributed by atoms with Gasteiger partial charge in [-0.15, -0.1) is 0 Å². The third-order valence-electron chi connectivity index (χ3n) is 3.27. The number of phenolic OH excluding ortho intramolecular Hbond substituents is 1. The molecule has 5 heteroatoms. The Labute approximate surface area is 121 Å². The number of benzene rings is 2. The van der Waals surface area contributed by atoms with Crippen molar-refractivity contribution in [2.45, 2.75) is 12.5 Å². The monoisotopic (exact) mass is 285 g/mol. The summed E-state index contributed by atoms with van der Waals surface area (Å²) in [6, 6.07) is 14.1. The van der Waals surface area contributed by atoms with E-state index in [1.165, 1.54) is 31.2 Å². The van der Waals surface area contributed by atoms with E-state index < -0.39 is 17.4 Å². The lowest BCUT2D eigenvalue weighted by molar-refractivity contribution is -0.144. The van der Waals surface area contributed by atoms with Gasteiger partial charge in [0.05, 0.1) is 0 Å². The highest BCUT2D eigenvalue weighted by Crippen LogP contribution is 2.22. The van der Waals surface area contributed by atoms with Gasteiger partial charge in [0.25, 0.3) is 5.91 Å². The number of hydrogen-bond acceptors (Lipinski definition) is 3. The van der Waals surface area contributed by atoms with Crippen molar-refractivity contribution in [2.75, 3.05) is 0 Å².